The van der Waals surface area contributed by atoms with Crippen molar-refractivity contribution in [3.8, 4) is 0 Å². The second-order valence-electron chi connectivity index (χ2n) is 6.14. The highest BCUT2D eigenvalue weighted by atomic mass is 16.5. The van der Waals surface area contributed by atoms with Crippen LogP contribution in [0.4, 0.5) is 0 Å². The number of amides is 2. The monoisotopic (exact) mass is 298 g/mol. The Morgan fingerprint density at radius 3 is 2.48 bits per heavy atom. The number of hydrogen-bond acceptors (Lipinski definition) is 4. The number of nitrogens with one attached hydrogen (secondary N) is 2. The van der Waals surface area contributed by atoms with Gasteiger partial charge < -0.3 is 20.5 Å². The second-order valence-corrected chi connectivity index (χ2v) is 6.14. The fourth-order valence-electron chi connectivity index (χ4n) is 2.91. The highest BCUT2D eigenvalue weighted by Gasteiger charge is 2.30. The first-order valence-corrected chi connectivity index (χ1v) is 7.94. The Morgan fingerprint density at radius 2 is 1.81 bits per heavy atom. The smallest absolute Gasteiger partial charge is 0.223 e. The molecule has 1 aliphatic carbocycles. The fourth-order valence-corrected chi connectivity index (χ4v) is 2.91. The van der Waals surface area contributed by atoms with Crippen LogP contribution in [0.2, 0.25) is 0 Å². The van der Waals surface area contributed by atoms with E-state index in [9.17, 15) is 14.7 Å². The topological polar surface area (TPSA) is 87.7 Å². The average Bonchev–Trinajstić information content (AvgIpc) is 3.00. The van der Waals surface area contributed by atoms with Crippen LogP contribution in [0.15, 0.2) is 0 Å². The van der Waals surface area contributed by atoms with Crippen LogP contribution in [0.5, 0.6) is 0 Å². The summed E-state index contributed by atoms with van der Waals surface area (Å²) in [5, 5.41) is 15.8. The van der Waals surface area contributed by atoms with E-state index in [0.29, 0.717) is 32.6 Å². The normalized spacial score (nSPS) is 22.0. The molecular formula is C15H26N2O4. The van der Waals surface area contributed by atoms with E-state index in [1.165, 1.54) is 0 Å². The standard InChI is InChI=1S/C15H26N2O4/c18-13(17-11-15(20)6-9-21-10-7-15)5-8-16-14(19)12-3-1-2-4-12/h12,20H,1-11H2,(H,16,19)(H,17,18). The van der Waals surface area contributed by atoms with Gasteiger partial charge in [0.05, 0.1) is 5.60 Å². The van der Waals surface area contributed by atoms with Gasteiger partial charge in [-0.3, -0.25) is 9.59 Å². The van der Waals surface area contributed by atoms with Crippen LogP contribution in [0.3, 0.4) is 0 Å². The molecule has 0 bridgehead atoms. The third kappa shape index (κ3) is 5.28. The van der Waals surface area contributed by atoms with Gasteiger partial charge in [0.15, 0.2) is 0 Å². The molecule has 0 aromatic heterocycles. The van der Waals surface area contributed by atoms with Gasteiger partial charge in [-0.2, -0.15) is 0 Å². The molecule has 1 saturated heterocycles. The van der Waals surface area contributed by atoms with Crippen molar-refractivity contribution >= 4 is 11.8 Å². The molecule has 2 fully saturated rings. The predicted octanol–water partition coefficient (Wildman–Crippen LogP) is 0.341. The molecule has 6 heteroatoms. The third-order valence-corrected chi connectivity index (χ3v) is 4.42. The maximum atomic E-state index is 11.8. The number of aliphatic hydroxyl groups is 1. The van der Waals surface area contributed by atoms with Crippen LogP contribution in [-0.2, 0) is 14.3 Å². The Bertz CT molecular complexity index is 361. The largest absolute Gasteiger partial charge is 0.388 e. The van der Waals surface area contributed by atoms with Crippen molar-refractivity contribution in [3.63, 3.8) is 0 Å². The number of ether oxygens (including phenoxy) is 1. The van der Waals surface area contributed by atoms with Gasteiger partial charge in [-0.25, -0.2) is 0 Å². The van der Waals surface area contributed by atoms with Gasteiger partial charge in [-0.1, -0.05) is 12.8 Å². The van der Waals surface area contributed by atoms with Crippen molar-refractivity contribution in [2.45, 2.75) is 50.5 Å². The van der Waals surface area contributed by atoms with E-state index >= 15 is 0 Å². The van der Waals surface area contributed by atoms with Crippen LogP contribution >= 0.6 is 0 Å². The van der Waals surface area contributed by atoms with E-state index < -0.39 is 5.60 Å². The molecule has 1 aliphatic heterocycles. The lowest BCUT2D eigenvalue weighted by Crippen LogP contribution is -2.47. The predicted molar refractivity (Wildman–Crippen MR) is 77.6 cm³/mol. The summed E-state index contributed by atoms with van der Waals surface area (Å²) in [6.45, 7) is 1.68. The van der Waals surface area contributed by atoms with Gasteiger partial charge in [-0.05, 0) is 12.8 Å². The molecule has 2 amide bonds. The van der Waals surface area contributed by atoms with E-state index in [0.717, 1.165) is 25.7 Å². The highest BCUT2D eigenvalue weighted by Crippen LogP contribution is 2.24. The number of rotatable bonds is 6. The van der Waals surface area contributed by atoms with Crippen LogP contribution in [0.25, 0.3) is 0 Å². The van der Waals surface area contributed by atoms with Crippen LogP contribution in [0.1, 0.15) is 44.9 Å². The fraction of sp³-hybridized carbons (Fsp3) is 0.867. The Labute approximate surface area is 125 Å². The van der Waals surface area contributed by atoms with E-state index in [1.807, 2.05) is 0 Å². The third-order valence-electron chi connectivity index (χ3n) is 4.42. The Hall–Kier alpha value is -1.14. The molecule has 0 unspecified atom stereocenters. The molecule has 120 valence electrons. The molecule has 3 N–H and O–H groups in total. The lowest BCUT2D eigenvalue weighted by Gasteiger charge is -2.32. The molecule has 0 atom stereocenters. The van der Waals surface area contributed by atoms with Crippen LogP contribution < -0.4 is 10.6 Å². The molecular weight excluding hydrogens is 272 g/mol. The molecule has 0 radical (unpaired) electrons. The molecule has 21 heavy (non-hydrogen) atoms. The van der Waals surface area contributed by atoms with Crippen molar-refractivity contribution in [3.05, 3.63) is 0 Å². The van der Waals surface area contributed by atoms with E-state index in [1.54, 1.807) is 0 Å². The highest BCUT2D eigenvalue weighted by molar-refractivity contribution is 5.80. The summed E-state index contributed by atoms with van der Waals surface area (Å²) in [5.74, 6) is 0.0704. The van der Waals surface area contributed by atoms with Gasteiger partial charge >= 0.3 is 0 Å². The lowest BCUT2D eigenvalue weighted by molar-refractivity contribution is -0.125. The molecule has 2 aliphatic rings. The van der Waals surface area contributed by atoms with Crippen molar-refractivity contribution < 1.29 is 19.4 Å². The van der Waals surface area contributed by atoms with Crippen molar-refractivity contribution in [2.75, 3.05) is 26.3 Å². The summed E-state index contributed by atoms with van der Waals surface area (Å²) in [6, 6.07) is 0. The number of carbonyl (C=O) groups is 2. The zero-order chi connectivity index (χ0) is 15.1. The zero-order valence-corrected chi connectivity index (χ0v) is 12.5. The summed E-state index contributed by atoms with van der Waals surface area (Å²) in [7, 11) is 0. The summed E-state index contributed by atoms with van der Waals surface area (Å²) < 4.78 is 5.19. The van der Waals surface area contributed by atoms with Gasteiger partial charge in [0, 0.05) is 51.5 Å². The van der Waals surface area contributed by atoms with Crippen molar-refractivity contribution in [1.29, 1.82) is 0 Å². The first-order valence-electron chi connectivity index (χ1n) is 7.94. The molecule has 2 rings (SSSR count). The first-order chi connectivity index (χ1) is 10.1. The first kappa shape index (κ1) is 16.2. The summed E-state index contributed by atoms with van der Waals surface area (Å²) in [6.07, 6.45) is 5.53. The van der Waals surface area contributed by atoms with Gasteiger partial charge in [0.2, 0.25) is 11.8 Å². The maximum Gasteiger partial charge on any atom is 0.223 e. The van der Waals surface area contributed by atoms with Crippen LogP contribution in [-0.4, -0.2) is 48.8 Å². The van der Waals surface area contributed by atoms with E-state index in [2.05, 4.69) is 10.6 Å². The SMILES string of the molecule is O=C(CCNC(=O)C1CCCC1)NCC1(O)CCOCC1. The molecule has 0 aromatic carbocycles. The average molecular weight is 298 g/mol. The Kier molecular flexibility index (Phi) is 5.99. The van der Waals surface area contributed by atoms with E-state index in [4.69, 9.17) is 4.74 Å². The Balaban J connectivity index is 1.57. The van der Waals surface area contributed by atoms with Gasteiger partial charge in [0.25, 0.3) is 0 Å². The molecule has 0 spiro atoms. The summed E-state index contributed by atoms with van der Waals surface area (Å²) >= 11 is 0. The minimum atomic E-state index is -0.846. The van der Waals surface area contributed by atoms with Crippen molar-refractivity contribution in [2.24, 2.45) is 5.92 Å². The minimum absolute atomic E-state index is 0.0726. The second kappa shape index (κ2) is 7.75. The zero-order valence-electron chi connectivity index (χ0n) is 12.5. The molecule has 6 nitrogen and oxygen atoms in total. The number of carbonyl (C=O) groups excluding carboxylic acids is 2. The summed E-state index contributed by atoms with van der Waals surface area (Å²) in [4.78, 5) is 23.5. The van der Waals surface area contributed by atoms with Crippen molar-refractivity contribution in [1.82, 2.24) is 10.6 Å². The maximum absolute atomic E-state index is 11.8. The summed E-state index contributed by atoms with van der Waals surface area (Å²) in [5.41, 5.74) is -0.846. The van der Waals surface area contributed by atoms with Gasteiger partial charge in [-0.15, -0.1) is 0 Å². The molecule has 1 saturated carbocycles. The Morgan fingerprint density at radius 1 is 1.14 bits per heavy atom. The van der Waals surface area contributed by atoms with Gasteiger partial charge in [0.1, 0.15) is 0 Å². The minimum Gasteiger partial charge on any atom is -0.388 e. The molecule has 0 aromatic rings. The lowest BCUT2D eigenvalue weighted by atomic mass is 9.94. The molecule has 1 heterocycles. The number of hydrogen-bond donors (Lipinski definition) is 3. The van der Waals surface area contributed by atoms with Crippen LogP contribution in [0, 0.1) is 5.92 Å². The van der Waals surface area contributed by atoms with E-state index in [-0.39, 0.29) is 30.7 Å². The quantitative estimate of drug-likeness (QED) is 0.660.